The first-order valence-corrected chi connectivity index (χ1v) is 12.8. The van der Waals surface area contributed by atoms with E-state index in [1.54, 1.807) is 29.2 Å². The van der Waals surface area contributed by atoms with Gasteiger partial charge in [0, 0.05) is 11.9 Å². The maximum atomic E-state index is 13.5. The van der Waals surface area contributed by atoms with Crippen molar-refractivity contribution in [3.05, 3.63) is 72.3 Å². The van der Waals surface area contributed by atoms with Gasteiger partial charge in [-0.05, 0) is 36.9 Å². The van der Waals surface area contributed by atoms with Crippen molar-refractivity contribution in [2.24, 2.45) is 0 Å². The maximum absolute atomic E-state index is 13.5. The Labute approximate surface area is 202 Å². The molecule has 0 radical (unpaired) electrons. The molecule has 3 fully saturated rings. The van der Waals surface area contributed by atoms with Crippen molar-refractivity contribution in [3.8, 4) is 0 Å². The molecule has 3 aliphatic heterocycles. The van der Waals surface area contributed by atoms with Gasteiger partial charge in [0.25, 0.3) is 15.9 Å². The van der Waals surface area contributed by atoms with Crippen LogP contribution in [0.4, 0.5) is 15.3 Å². The van der Waals surface area contributed by atoms with E-state index in [9.17, 15) is 22.8 Å². The normalized spacial score (nSPS) is 23.3. The second-order valence-electron chi connectivity index (χ2n) is 9.14. The average molecular weight is 491 g/mol. The van der Waals surface area contributed by atoms with Gasteiger partial charge in [0.1, 0.15) is 6.04 Å². The number of hydrogen-bond donors (Lipinski definition) is 1. The van der Waals surface area contributed by atoms with Crippen LogP contribution in [0.1, 0.15) is 12.0 Å². The van der Waals surface area contributed by atoms with Gasteiger partial charge in [-0.2, -0.15) is 0 Å². The zero-order chi connectivity index (χ0) is 24.5. The number of hydrogen-bond acceptors (Lipinski definition) is 5. The van der Waals surface area contributed by atoms with Gasteiger partial charge < -0.3 is 9.80 Å². The number of urea groups is 2. The molecule has 0 spiro atoms. The summed E-state index contributed by atoms with van der Waals surface area (Å²) in [7, 11) is -4.07. The highest BCUT2D eigenvalue weighted by molar-refractivity contribution is 7.90. The molecule has 35 heavy (non-hydrogen) atoms. The summed E-state index contributed by atoms with van der Waals surface area (Å²) in [4.78, 5) is 44.0. The number of imide groups is 1. The SMILES string of the molecule is Cc1ccc(S(=O)(=O)NC(=O)N2CC3CC2C2C(=O)N(c4cccc5ccccc45)C(=O)N32)cc1. The van der Waals surface area contributed by atoms with E-state index in [-0.39, 0.29) is 17.5 Å². The van der Waals surface area contributed by atoms with Crippen molar-refractivity contribution < 1.29 is 22.8 Å². The Morgan fingerprint density at radius 1 is 0.971 bits per heavy atom. The largest absolute Gasteiger partial charge is 0.332 e. The lowest BCUT2D eigenvalue weighted by atomic mass is 10.1. The molecule has 3 heterocycles. The van der Waals surface area contributed by atoms with Gasteiger partial charge >= 0.3 is 12.1 Å². The first-order chi connectivity index (χ1) is 16.8. The first-order valence-electron chi connectivity index (χ1n) is 11.3. The molecule has 3 unspecified atom stereocenters. The van der Waals surface area contributed by atoms with E-state index >= 15 is 0 Å². The number of nitrogens with one attached hydrogen (secondary N) is 1. The number of likely N-dealkylation sites (tertiary alicyclic amines) is 1. The van der Waals surface area contributed by atoms with Crippen LogP contribution in [-0.2, 0) is 14.8 Å². The smallest absolute Gasteiger partial charge is 0.316 e. The minimum atomic E-state index is -4.07. The minimum absolute atomic E-state index is 0.0170. The number of fused-ring (bicyclic) bond motifs is 6. The van der Waals surface area contributed by atoms with E-state index in [1.807, 2.05) is 37.3 Å². The number of rotatable bonds is 3. The quantitative estimate of drug-likeness (QED) is 0.568. The molecule has 0 aromatic heterocycles. The fourth-order valence-corrected chi connectivity index (χ4v) is 6.42. The van der Waals surface area contributed by atoms with Gasteiger partial charge in [-0.3, -0.25) is 4.79 Å². The van der Waals surface area contributed by atoms with Gasteiger partial charge in [0.05, 0.1) is 22.7 Å². The first kappa shape index (κ1) is 21.6. The fraction of sp³-hybridized carbons (Fsp3) is 0.240. The molecule has 1 N–H and O–H groups in total. The molecule has 6 rings (SSSR count). The van der Waals surface area contributed by atoms with Gasteiger partial charge in [-0.25, -0.2) is 27.6 Å². The number of carbonyl (C=O) groups is 3. The van der Waals surface area contributed by atoms with E-state index in [0.717, 1.165) is 16.3 Å². The van der Waals surface area contributed by atoms with Crippen LogP contribution in [0.5, 0.6) is 0 Å². The number of anilines is 1. The Hall–Kier alpha value is -3.92. The lowest BCUT2D eigenvalue weighted by Crippen LogP contribution is -2.57. The number of sulfonamides is 1. The van der Waals surface area contributed by atoms with E-state index in [0.29, 0.717) is 12.1 Å². The van der Waals surface area contributed by atoms with Crippen LogP contribution in [0.15, 0.2) is 71.6 Å². The summed E-state index contributed by atoms with van der Waals surface area (Å²) < 4.78 is 27.6. The summed E-state index contributed by atoms with van der Waals surface area (Å²) in [5, 5.41) is 1.69. The number of piperazine rings is 1. The molecule has 3 saturated heterocycles. The summed E-state index contributed by atoms with van der Waals surface area (Å²) in [5.41, 5.74) is 1.40. The molecule has 3 aromatic rings. The van der Waals surface area contributed by atoms with Gasteiger partial charge in [-0.1, -0.05) is 54.1 Å². The molecular weight excluding hydrogens is 468 g/mol. The van der Waals surface area contributed by atoms with Crippen molar-refractivity contribution in [2.75, 3.05) is 11.4 Å². The van der Waals surface area contributed by atoms with E-state index < -0.39 is 40.1 Å². The molecule has 3 aliphatic rings. The van der Waals surface area contributed by atoms with Crippen molar-refractivity contribution >= 4 is 44.5 Å². The van der Waals surface area contributed by atoms with Gasteiger partial charge in [0.2, 0.25) is 0 Å². The third-order valence-corrected chi connectivity index (χ3v) is 8.42. The van der Waals surface area contributed by atoms with Crippen LogP contribution >= 0.6 is 0 Å². The number of aryl methyl sites for hydroxylation is 1. The topological polar surface area (TPSA) is 107 Å². The molecule has 9 nitrogen and oxygen atoms in total. The minimum Gasteiger partial charge on any atom is -0.316 e. The summed E-state index contributed by atoms with van der Waals surface area (Å²) >= 11 is 0. The summed E-state index contributed by atoms with van der Waals surface area (Å²) in [6.07, 6.45) is 0.434. The molecular formula is C25H22N4O5S. The molecule has 0 saturated carbocycles. The Bertz CT molecular complexity index is 1500. The molecule has 2 bridgehead atoms. The van der Waals surface area contributed by atoms with Crippen molar-refractivity contribution in [1.82, 2.24) is 14.5 Å². The van der Waals surface area contributed by atoms with Crippen molar-refractivity contribution in [1.29, 1.82) is 0 Å². The second kappa shape index (κ2) is 7.54. The number of amides is 5. The summed E-state index contributed by atoms with van der Waals surface area (Å²) in [5.74, 6) is -0.405. The number of carbonyl (C=O) groups excluding carboxylic acids is 3. The van der Waals surface area contributed by atoms with Crippen LogP contribution < -0.4 is 9.62 Å². The van der Waals surface area contributed by atoms with E-state index in [2.05, 4.69) is 4.72 Å². The second-order valence-corrected chi connectivity index (χ2v) is 10.8. The molecule has 3 aromatic carbocycles. The van der Waals surface area contributed by atoms with Crippen molar-refractivity contribution in [3.63, 3.8) is 0 Å². The molecule has 178 valence electrons. The standard InChI is InChI=1S/C25H22N4O5S/c1-15-9-11-18(12-10-15)35(33,34)26-24(31)27-14-17-13-21(27)22-23(30)29(25(32)28(17)22)20-8-4-6-16-5-2-3-7-19(16)20/h2-12,17,21-22H,13-14H2,1H3,(H,26,31). The van der Waals surface area contributed by atoms with Crippen LogP contribution in [0.3, 0.4) is 0 Å². The predicted octanol–water partition coefficient (Wildman–Crippen LogP) is 2.84. The monoisotopic (exact) mass is 490 g/mol. The zero-order valence-corrected chi connectivity index (χ0v) is 19.6. The molecule has 10 heteroatoms. The maximum Gasteiger partial charge on any atom is 0.332 e. The Morgan fingerprint density at radius 3 is 2.46 bits per heavy atom. The lowest BCUT2D eigenvalue weighted by molar-refractivity contribution is -0.120. The third kappa shape index (κ3) is 3.20. The van der Waals surface area contributed by atoms with Gasteiger partial charge in [-0.15, -0.1) is 0 Å². The van der Waals surface area contributed by atoms with E-state index in [1.165, 1.54) is 21.9 Å². The highest BCUT2D eigenvalue weighted by Gasteiger charge is 2.63. The van der Waals surface area contributed by atoms with Crippen LogP contribution in [0, 0.1) is 6.92 Å². The van der Waals surface area contributed by atoms with Crippen LogP contribution in [-0.4, -0.2) is 60.9 Å². The summed E-state index contributed by atoms with van der Waals surface area (Å²) in [6, 6.07) is 16.1. The Morgan fingerprint density at radius 2 is 1.69 bits per heavy atom. The van der Waals surface area contributed by atoms with Crippen LogP contribution in [0.25, 0.3) is 10.8 Å². The number of nitrogens with zero attached hydrogens (tertiary/aromatic N) is 3. The predicted molar refractivity (Wildman–Crippen MR) is 128 cm³/mol. The van der Waals surface area contributed by atoms with Crippen LogP contribution in [0.2, 0.25) is 0 Å². The molecule has 0 aliphatic carbocycles. The summed E-state index contributed by atoms with van der Waals surface area (Å²) in [6.45, 7) is 2.00. The van der Waals surface area contributed by atoms with Crippen molar-refractivity contribution in [2.45, 2.75) is 36.4 Å². The number of benzene rings is 3. The lowest BCUT2D eigenvalue weighted by Gasteiger charge is -2.34. The molecule has 3 atom stereocenters. The Kier molecular flexibility index (Phi) is 4.65. The van der Waals surface area contributed by atoms with E-state index in [4.69, 9.17) is 0 Å². The zero-order valence-electron chi connectivity index (χ0n) is 18.8. The Balaban J connectivity index is 1.27. The highest BCUT2D eigenvalue weighted by atomic mass is 32.2. The third-order valence-electron chi connectivity index (χ3n) is 7.09. The fourth-order valence-electron chi connectivity index (χ4n) is 5.47. The van der Waals surface area contributed by atoms with Gasteiger partial charge in [0.15, 0.2) is 0 Å². The average Bonchev–Trinajstić information content (AvgIpc) is 3.50. The highest BCUT2D eigenvalue weighted by Crippen LogP contribution is 2.43. The molecule has 5 amide bonds.